The molecule has 2 nitrogen and oxygen atoms in total. The molecule has 2 heteroatoms. The van der Waals surface area contributed by atoms with E-state index in [4.69, 9.17) is 0 Å². The minimum atomic E-state index is 0.140. The molecule has 0 radical (unpaired) electrons. The predicted molar refractivity (Wildman–Crippen MR) is 70.8 cm³/mol. The average molecular weight is 237 g/mol. The van der Waals surface area contributed by atoms with Crippen molar-refractivity contribution in [1.29, 1.82) is 0 Å². The highest BCUT2D eigenvalue weighted by molar-refractivity contribution is 5.73. The molecule has 17 heavy (non-hydrogen) atoms. The third-order valence-corrected chi connectivity index (χ3v) is 4.65. The van der Waals surface area contributed by atoms with Crippen LogP contribution >= 0.6 is 0 Å². The summed E-state index contributed by atoms with van der Waals surface area (Å²) in [5.41, 5.74) is 0. The first-order valence-corrected chi connectivity index (χ1v) is 7.51. The number of hydrogen-bond acceptors (Lipinski definition) is 1. The van der Waals surface area contributed by atoms with Crippen LogP contribution in [0.2, 0.25) is 0 Å². The van der Waals surface area contributed by atoms with Gasteiger partial charge in [-0.2, -0.15) is 0 Å². The molecule has 0 aromatic heterocycles. The van der Waals surface area contributed by atoms with Gasteiger partial charge in [-0.25, -0.2) is 0 Å². The molecule has 1 amide bonds. The third kappa shape index (κ3) is 4.33. The number of hydrogen-bond donors (Lipinski definition) is 1. The minimum Gasteiger partial charge on any atom is -0.354 e. The van der Waals surface area contributed by atoms with E-state index in [1.54, 1.807) is 6.92 Å². The van der Waals surface area contributed by atoms with Gasteiger partial charge in [-0.1, -0.05) is 32.1 Å². The summed E-state index contributed by atoms with van der Waals surface area (Å²) in [5.74, 6) is 2.11. The van der Waals surface area contributed by atoms with E-state index in [1.807, 2.05) is 0 Å². The number of carbonyl (C=O) groups is 1. The van der Waals surface area contributed by atoms with Crippen LogP contribution in [-0.2, 0) is 4.79 Å². The van der Waals surface area contributed by atoms with Gasteiger partial charge in [0.25, 0.3) is 0 Å². The largest absolute Gasteiger partial charge is 0.354 e. The Balaban J connectivity index is 1.66. The number of carbonyl (C=O) groups excluding carboxylic acids is 1. The second-order valence-electron chi connectivity index (χ2n) is 6.16. The fourth-order valence-corrected chi connectivity index (χ4v) is 3.72. The Labute approximate surface area is 106 Å². The fraction of sp³-hybridized carbons (Fsp3) is 0.933. The van der Waals surface area contributed by atoms with E-state index >= 15 is 0 Å². The molecule has 0 heterocycles. The van der Waals surface area contributed by atoms with E-state index in [-0.39, 0.29) is 5.91 Å². The average Bonchev–Trinajstić information content (AvgIpc) is 2.32. The van der Waals surface area contributed by atoms with Crippen LogP contribution in [0.15, 0.2) is 0 Å². The van der Waals surface area contributed by atoms with Crippen LogP contribution in [0.25, 0.3) is 0 Å². The molecular formula is C15H27NO. The Kier molecular flexibility index (Phi) is 4.87. The van der Waals surface area contributed by atoms with Gasteiger partial charge < -0.3 is 5.32 Å². The summed E-state index contributed by atoms with van der Waals surface area (Å²) in [6.45, 7) is 1.63. The third-order valence-electron chi connectivity index (χ3n) is 4.65. The van der Waals surface area contributed by atoms with Gasteiger partial charge in [0.2, 0.25) is 5.91 Å². The maximum absolute atomic E-state index is 11.0. The Hall–Kier alpha value is -0.530. The van der Waals surface area contributed by atoms with Gasteiger partial charge >= 0.3 is 0 Å². The van der Waals surface area contributed by atoms with Crippen molar-refractivity contribution in [3.8, 4) is 0 Å². The van der Waals surface area contributed by atoms with Crippen LogP contribution in [0.3, 0.4) is 0 Å². The summed E-state index contributed by atoms with van der Waals surface area (Å²) < 4.78 is 0. The summed E-state index contributed by atoms with van der Waals surface area (Å²) in [4.78, 5) is 11.0. The van der Waals surface area contributed by atoms with Crippen molar-refractivity contribution < 1.29 is 4.79 Å². The Morgan fingerprint density at radius 1 is 0.941 bits per heavy atom. The molecule has 1 N–H and O–H groups in total. The molecule has 2 rings (SSSR count). The van der Waals surface area contributed by atoms with Crippen LogP contribution in [0.5, 0.6) is 0 Å². The summed E-state index contributed by atoms with van der Waals surface area (Å²) in [5, 5.41) is 3.07. The summed E-state index contributed by atoms with van der Waals surface area (Å²) in [6, 6.07) is 0.468. The highest BCUT2D eigenvalue weighted by Gasteiger charge is 2.24. The van der Waals surface area contributed by atoms with Crippen LogP contribution < -0.4 is 5.32 Å². The second kappa shape index (κ2) is 6.42. The van der Waals surface area contributed by atoms with E-state index < -0.39 is 0 Å². The first kappa shape index (κ1) is 12.9. The molecule has 98 valence electrons. The molecule has 0 aliphatic heterocycles. The van der Waals surface area contributed by atoms with E-state index in [0.717, 1.165) is 11.8 Å². The lowest BCUT2D eigenvalue weighted by molar-refractivity contribution is -0.119. The van der Waals surface area contributed by atoms with Crippen molar-refractivity contribution >= 4 is 5.91 Å². The highest BCUT2D eigenvalue weighted by atomic mass is 16.1. The molecule has 0 bridgehead atoms. The smallest absolute Gasteiger partial charge is 0.217 e. The second-order valence-corrected chi connectivity index (χ2v) is 6.16. The molecule has 0 aromatic rings. The number of nitrogens with one attached hydrogen (secondary N) is 1. The molecule has 0 saturated heterocycles. The standard InChI is InChI=1S/C15H27NO/c1-12(17)16-15-9-7-14(8-10-15)11-13-5-3-2-4-6-13/h13-15H,2-11H2,1H3,(H,16,17). The van der Waals surface area contributed by atoms with Crippen LogP contribution in [0, 0.1) is 11.8 Å². The first-order valence-electron chi connectivity index (χ1n) is 7.51. The lowest BCUT2D eigenvalue weighted by Crippen LogP contribution is -2.36. The summed E-state index contributed by atoms with van der Waals surface area (Å²) in [7, 11) is 0. The zero-order valence-electron chi connectivity index (χ0n) is 11.2. The SMILES string of the molecule is CC(=O)NC1CCC(CC2CCCCC2)CC1. The first-order chi connectivity index (χ1) is 8.24. The normalized spacial score (nSPS) is 31.1. The van der Waals surface area contributed by atoms with Crippen LogP contribution in [0.1, 0.15) is 71.1 Å². The topological polar surface area (TPSA) is 29.1 Å². The Morgan fingerprint density at radius 3 is 2.12 bits per heavy atom. The van der Waals surface area contributed by atoms with E-state index in [2.05, 4.69) is 5.32 Å². The van der Waals surface area contributed by atoms with Crippen LogP contribution in [-0.4, -0.2) is 11.9 Å². The van der Waals surface area contributed by atoms with Gasteiger partial charge in [-0.3, -0.25) is 4.79 Å². The van der Waals surface area contributed by atoms with Gasteiger partial charge in [-0.15, -0.1) is 0 Å². The Morgan fingerprint density at radius 2 is 1.53 bits per heavy atom. The Bertz CT molecular complexity index is 237. The summed E-state index contributed by atoms with van der Waals surface area (Å²) >= 11 is 0. The zero-order chi connectivity index (χ0) is 12.1. The lowest BCUT2D eigenvalue weighted by atomic mass is 9.76. The van der Waals surface area contributed by atoms with Crippen LogP contribution in [0.4, 0.5) is 0 Å². The molecule has 2 aliphatic rings. The van der Waals surface area contributed by atoms with Crippen molar-refractivity contribution in [3.05, 3.63) is 0 Å². The lowest BCUT2D eigenvalue weighted by Gasteiger charge is -2.32. The van der Waals surface area contributed by atoms with Gasteiger partial charge in [0.15, 0.2) is 0 Å². The minimum absolute atomic E-state index is 0.140. The van der Waals surface area contributed by atoms with Gasteiger partial charge in [0, 0.05) is 13.0 Å². The van der Waals surface area contributed by atoms with Crippen molar-refractivity contribution in [2.45, 2.75) is 77.2 Å². The molecule has 2 fully saturated rings. The predicted octanol–water partition coefficient (Wildman–Crippen LogP) is 3.65. The van der Waals surface area contributed by atoms with E-state index in [9.17, 15) is 4.79 Å². The molecule has 2 aliphatic carbocycles. The van der Waals surface area contributed by atoms with Crippen molar-refractivity contribution in [1.82, 2.24) is 5.32 Å². The number of amides is 1. The molecular weight excluding hydrogens is 210 g/mol. The van der Waals surface area contributed by atoms with Crippen molar-refractivity contribution in [2.24, 2.45) is 11.8 Å². The zero-order valence-corrected chi connectivity index (χ0v) is 11.2. The maximum Gasteiger partial charge on any atom is 0.217 e. The fourth-order valence-electron chi connectivity index (χ4n) is 3.72. The maximum atomic E-state index is 11.0. The quantitative estimate of drug-likeness (QED) is 0.797. The van der Waals surface area contributed by atoms with Crippen molar-refractivity contribution in [2.75, 3.05) is 0 Å². The monoisotopic (exact) mass is 237 g/mol. The molecule has 0 spiro atoms. The van der Waals surface area contributed by atoms with E-state index in [1.165, 1.54) is 64.2 Å². The van der Waals surface area contributed by atoms with Crippen molar-refractivity contribution in [3.63, 3.8) is 0 Å². The number of rotatable bonds is 3. The molecule has 0 aromatic carbocycles. The van der Waals surface area contributed by atoms with Gasteiger partial charge in [0.1, 0.15) is 0 Å². The van der Waals surface area contributed by atoms with E-state index in [0.29, 0.717) is 6.04 Å². The van der Waals surface area contributed by atoms with Gasteiger partial charge in [-0.05, 0) is 43.9 Å². The highest BCUT2D eigenvalue weighted by Crippen LogP contribution is 2.35. The molecule has 0 atom stereocenters. The summed E-state index contributed by atoms with van der Waals surface area (Å²) in [6.07, 6.45) is 13.9. The van der Waals surface area contributed by atoms with Gasteiger partial charge in [0.05, 0.1) is 0 Å². The molecule has 2 saturated carbocycles. The molecule has 0 unspecified atom stereocenters.